The van der Waals surface area contributed by atoms with Crippen molar-refractivity contribution in [2.45, 2.75) is 26.8 Å². The fraction of sp³-hybridized carbons (Fsp3) is 0.500. The maximum atomic E-state index is 11.0. The van der Waals surface area contributed by atoms with Gasteiger partial charge >= 0.3 is 5.97 Å². The zero-order valence-corrected chi connectivity index (χ0v) is 10.7. The van der Waals surface area contributed by atoms with Crippen molar-refractivity contribution in [3.8, 4) is 0 Å². The number of aromatic nitrogens is 2. The summed E-state index contributed by atoms with van der Waals surface area (Å²) in [6, 6.07) is 0. The van der Waals surface area contributed by atoms with Crippen molar-refractivity contribution in [3.63, 3.8) is 0 Å². The average molecular weight is 256 g/mol. The highest BCUT2D eigenvalue weighted by atomic mass is 32.1. The third-order valence-corrected chi connectivity index (χ3v) is 2.33. The molecule has 6 nitrogen and oxygen atoms in total. The van der Waals surface area contributed by atoms with E-state index in [9.17, 15) is 4.79 Å². The van der Waals surface area contributed by atoms with Gasteiger partial charge in [-0.1, -0.05) is 6.92 Å². The molecule has 0 amide bonds. The first-order valence-electron chi connectivity index (χ1n) is 5.44. The summed E-state index contributed by atoms with van der Waals surface area (Å²) in [4.78, 5) is 11.0. The van der Waals surface area contributed by atoms with Crippen LogP contribution in [0.5, 0.6) is 0 Å². The molecule has 0 aromatic carbocycles. The van der Waals surface area contributed by atoms with Gasteiger partial charge in [-0.2, -0.15) is 5.10 Å². The number of aryl methyl sites for hydroxylation is 1. The van der Waals surface area contributed by atoms with E-state index in [2.05, 4.69) is 15.7 Å². The van der Waals surface area contributed by atoms with Crippen LogP contribution in [-0.4, -0.2) is 32.5 Å². The minimum Gasteiger partial charge on any atom is -0.477 e. The molecule has 0 aliphatic rings. The molecule has 94 valence electrons. The van der Waals surface area contributed by atoms with Crippen LogP contribution in [0, 0.1) is 0 Å². The van der Waals surface area contributed by atoms with Gasteiger partial charge in [0.25, 0.3) is 0 Å². The van der Waals surface area contributed by atoms with Gasteiger partial charge in [-0.3, -0.25) is 4.68 Å². The second-order valence-electron chi connectivity index (χ2n) is 3.43. The van der Waals surface area contributed by atoms with E-state index in [1.54, 1.807) is 4.68 Å². The molecule has 3 N–H and O–H groups in total. The maximum Gasteiger partial charge on any atom is 0.341 e. The number of hydrogen-bond acceptors (Lipinski definition) is 3. The lowest BCUT2D eigenvalue weighted by atomic mass is 10.3. The van der Waals surface area contributed by atoms with Crippen LogP contribution < -0.4 is 10.6 Å². The Morgan fingerprint density at radius 3 is 2.82 bits per heavy atom. The molecule has 0 saturated carbocycles. The van der Waals surface area contributed by atoms with Crippen LogP contribution in [0.25, 0.3) is 0 Å². The number of hydrogen-bond donors (Lipinski definition) is 3. The van der Waals surface area contributed by atoms with Crippen LogP contribution in [0.4, 0.5) is 5.82 Å². The number of carbonyl (C=O) groups is 1. The Labute approximate surface area is 105 Å². The van der Waals surface area contributed by atoms with Gasteiger partial charge in [-0.05, 0) is 25.6 Å². The summed E-state index contributed by atoms with van der Waals surface area (Å²) in [7, 11) is 0. The van der Waals surface area contributed by atoms with Crippen molar-refractivity contribution < 1.29 is 9.90 Å². The second kappa shape index (κ2) is 6.19. The summed E-state index contributed by atoms with van der Waals surface area (Å²) in [6.07, 6.45) is 2.42. The fourth-order valence-corrected chi connectivity index (χ4v) is 1.42. The van der Waals surface area contributed by atoms with Crippen molar-refractivity contribution >= 4 is 29.1 Å². The van der Waals surface area contributed by atoms with Gasteiger partial charge in [0, 0.05) is 19.3 Å². The molecule has 1 heterocycles. The minimum atomic E-state index is -1.02. The molecule has 7 heteroatoms. The molecule has 0 aliphatic heterocycles. The van der Waals surface area contributed by atoms with Gasteiger partial charge < -0.3 is 15.7 Å². The maximum absolute atomic E-state index is 11.0. The van der Waals surface area contributed by atoms with E-state index in [1.807, 2.05) is 13.8 Å². The monoisotopic (exact) mass is 256 g/mol. The quantitative estimate of drug-likeness (QED) is 0.689. The normalized spacial score (nSPS) is 10.0. The van der Waals surface area contributed by atoms with Gasteiger partial charge in [0.2, 0.25) is 0 Å². The second-order valence-corrected chi connectivity index (χ2v) is 3.84. The van der Waals surface area contributed by atoms with E-state index in [4.69, 9.17) is 17.3 Å². The van der Waals surface area contributed by atoms with Crippen LogP contribution in [0.3, 0.4) is 0 Å². The molecule has 0 unspecified atom stereocenters. The molecule has 1 aromatic rings. The van der Waals surface area contributed by atoms with Gasteiger partial charge in [0.15, 0.2) is 10.9 Å². The lowest BCUT2D eigenvalue weighted by Gasteiger charge is -2.07. The molecule has 0 bridgehead atoms. The lowest BCUT2D eigenvalue weighted by molar-refractivity contribution is 0.0698. The Hall–Kier alpha value is -1.63. The number of carboxylic acids is 1. The number of anilines is 1. The first-order valence-corrected chi connectivity index (χ1v) is 5.84. The molecular weight excluding hydrogens is 240 g/mol. The number of thiocarbonyl (C=S) groups is 1. The van der Waals surface area contributed by atoms with Crippen molar-refractivity contribution in [2.75, 3.05) is 11.9 Å². The van der Waals surface area contributed by atoms with E-state index in [0.717, 1.165) is 13.0 Å². The first-order chi connectivity index (χ1) is 8.08. The molecular formula is C10H16N4O2S. The Morgan fingerprint density at radius 2 is 2.29 bits per heavy atom. The van der Waals surface area contributed by atoms with Crippen LogP contribution in [0.2, 0.25) is 0 Å². The summed E-state index contributed by atoms with van der Waals surface area (Å²) < 4.78 is 1.55. The van der Waals surface area contributed by atoms with Crippen molar-refractivity contribution in [2.24, 2.45) is 0 Å². The SMILES string of the molecule is CCCNC(=S)Nc1nn(CC)cc1C(=O)O. The molecule has 0 atom stereocenters. The van der Waals surface area contributed by atoms with E-state index < -0.39 is 5.97 Å². The van der Waals surface area contributed by atoms with Crippen LogP contribution in [0.15, 0.2) is 6.20 Å². The average Bonchev–Trinajstić information content (AvgIpc) is 2.69. The summed E-state index contributed by atoms with van der Waals surface area (Å²) in [6.45, 7) is 5.25. The number of nitrogens with one attached hydrogen (secondary N) is 2. The minimum absolute atomic E-state index is 0.118. The zero-order chi connectivity index (χ0) is 12.8. The third kappa shape index (κ3) is 3.70. The van der Waals surface area contributed by atoms with E-state index in [1.165, 1.54) is 6.20 Å². The Kier molecular flexibility index (Phi) is 4.89. The van der Waals surface area contributed by atoms with Gasteiger partial charge in [0.05, 0.1) is 0 Å². The number of aromatic carboxylic acids is 1. The standard InChI is InChI=1S/C10H16N4O2S/c1-3-5-11-10(17)12-8-7(9(15)16)6-14(4-2)13-8/h6H,3-5H2,1-2H3,(H,15,16)(H2,11,12,13,17). The van der Waals surface area contributed by atoms with Crippen molar-refractivity contribution in [1.82, 2.24) is 15.1 Å². The molecule has 0 radical (unpaired) electrons. The van der Waals surface area contributed by atoms with Crippen LogP contribution in [0.1, 0.15) is 30.6 Å². The summed E-state index contributed by atoms with van der Waals surface area (Å²) in [5.74, 6) is -0.751. The number of rotatable bonds is 5. The Balaban J connectivity index is 2.78. The predicted octanol–water partition coefficient (Wildman–Crippen LogP) is 1.30. The molecule has 1 rings (SSSR count). The molecule has 17 heavy (non-hydrogen) atoms. The highest BCUT2D eigenvalue weighted by Gasteiger charge is 2.15. The molecule has 0 saturated heterocycles. The largest absolute Gasteiger partial charge is 0.477 e. The molecule has 0 spiro atoms. The van der Waals surface area contributed by atoms with E-state index in [0.29, 0.717) is 11.7 Å². The molecule has 1 aromatic heterocycles. The van der Waals surface area contributed by atoms with Gasteiger partial charge in [0.1, 0.15) is 5.56 Å². The predicted molar refractivity (Wildman–Crippen MR) is 69.4 cm³/mol. The zero-order valence-electron chi connectivity index (χ0n) is 9.86. The van der Waals surface area contributed by atoms with Crippen molar-refractivity contribution in [1.29, 1.82) is 0 Å². The first kappa shape index (κ1) is 13.4. The van der Waals surface area contributed by atoms with Crippen LogP contribution in [-0.2, 0) is 6.54 Å². The highest BCUT2D eigenvalue weighted by molar-refractivity contribution is 7.80. The lowest BCUT2D eigenvalue weighted by Crippen LogP contribution is -2.29. The summed E-state index contributed by atoms with van der Waals surface area (Å²) in [5.41, 5.74) is 0.118. The number of nitrogens with zero attached hydrogens (tertiary/aromatic N) is 2. The van der Waals surface area contributed by atoms with E-state index in [-0.39, 0.29) is 11.4 Å². The Morgan fingerprint density at radius 1 is 1.59 bits per heavy atom. The molecule has 0 fully saturated rings. The third-order valence-electron chi connectivity index (χ3n) is 2.08. The topological polar surface area (TPSA) is 79.2 Å². The molecule has 0 aliphatic carbocycles. The smallest absolute Gasteiger partial charge is 0.341 e. The Bertz CT molecular complexity index is 416. The summed E-state index contributed by atoms with van der Waals surface area (Å²) in [5, 5.41) is 19.2. The summed E-state index contributed by atoms with van der Waals surface area (Å²) >= 11 is 5.03. The highest BCUT2D eigenvalue weighted by Crippen LogP contribution is 2.12. The number of carboxylic acid groups (broad SMARTS) is 1. The van der Waals surface area contributed by atoms with Crippen molar-refractivity contribution in [3.05, 3.63) is 11.8 Å². The van der Waals surface area contributed by atoms with E-state index >= 15 is 0 Å². The fourth-order valence-electron chi connectivity index (χ4n) is 1.22. The van der Waals surface area contributed by atoms with Gasteiger partial charge in [-0.15, -0.1) is 0 Å². The van der Waals surface area contributed by atoms with Gasteiger partial charge in [-0.25, -0.2) is 4.79 Å². The van der Waals surface area contributed by atoms with Crippen LogP contribution >= 0.6 is 12.2 Å².